The molecule has 0 bridgehead atoms. The Hall–Kier alpha value is -2.62. The normalized spacial score (nSPS) is 24.6. The first-order valence-electron chi connectivity index (χ1n) is 11.7. The molecule has 2 saturated heterocycles. The van der Waals surface area contributed by atoms with E-state index in [1.165, 1.54) is 16.7 Å². The highest BCUT2D eigenvalue weighted by Crippen LogP contribution is 2.41. The van der Waals surface area contributed by atoms with Crippen LogP contribution in [0.25, 0.3) is 0 Å². The van der Waals surface area contributed by atoms with Crippen LogP contribution in [0.4, 0.5) is 4.39 Å². The van der Waals surface area contributed by atoms with Gasteiger partial charge < -0.3 is 9.72 Å². The van der Waals surface area contributed by atoms with Gasteiger partial charge in [0.25, 0.3) is 0 Å². The van der Waals surface area contributed by atoms with Crippen LogP contribution in [-0.2, 0) is 26.7 Å². The minimum absolute atomic E-state index is 0.0113. The van der Waals surface area contributed by atoms with Crippen molar-refractivity contribution < 1.29 is 17.5 Å². The average Bonchev–Trinajstić information content (AvgIpc) is 3.39. The van der Waals surface area contributed by atoms with Crippen LogP contribution in [-0.4, -0.2) is 47.2 Å². The molecule has 0 spiro atoms. The van der Waals surface area contributed by atoms with Gasteiger partial charge in [-0.15, -0.1) is 10.2 Å². The molecule has 0 aliphatic carbocycles. The number of hydrogen-bond acceptors (Lipinski definition) is 5. The van der Waals surface area contributed by atoms with Gasteiger partial charge in [-0.05, 0) is 49.8 Å². The maximum absolute atomic E-state index is 15.5. The van der Waals surface area contributed by atoms with Crippen LogP contribution in [0.2, 0.25) is 0 Å². The standard InChI is InChI=1S/C25H29FN4O3S/c1-18-7-10-23(19-5-3-2-4-6-19)34(31,32)30(18)16-20-8-9-21(15-22(20)26)25(11-13-33-14-12-25)24-27-17-28-29-24/h2-6,8-9,15,17-18,23H,7,10-14,16H2,1H3,(H,27,28,29)/t18-,23+/m0/s1. The van der Waals surface area contributed by atoms with E-state index in [-0.39, 0.29) is 12.6 Å². The monoisotopic (exact) mass is 484 g/mol. The Morgan fingerprint density at radius 2 is 1.91 bits per heavy atom. The van der Waals surface area contributed by atoms with Gasteiger partial charge in [0, 0.05) is 31.4 Å². The smallest absolute Gasteiger partial charge is 0.221 e. The molecule has 2 aliphatic heterocycles. The molecule has 5 rings (SSSR count). The lowest BCUT2D eigenvalue weighted by Gasteiger charge is -2.38. The molecule has 0 saturated carbocycles. The summed E-state index contributed by atoms with van der Waals surface area (Å²) in [5.74, 6) is 0.285. The number of aromatic amines is 1. The molecule has 0 radical (unpaired) electrons. The highest BCUT2D eigenvalue weighted by Gasteiger charge is 2.42. The maximum atomic E-state index is 15.5. The number of halogens is 1. The third-order valence-corrected chi connectivity index (χ3v) is 9.71. The lowest BCUT2D eigenvalue weighted by atomic mass is 9.73. The third kappa shape index (κ3) is 4.06. The molecule has 2 aromatic carbocycles. The summed E-state index contributed by atoms with van der Waals surface area (Å²) in [6.07, 6.45) is 4.15. The Bertz CT molecular complexity index is 1230. The van der Waals surface area contributed by atoms with Crippen molar-refractivity contribution in [2.75, 3.05) is 13.2 Å². The minimum Gasteiger partial charge on any atom is -0.381 e. The summed E-state index contributed by atoms with van der Waals surface area (Å²) in [7, 11) is -3.63. The van der Waals surface area contributed by atoms with Crippen molar-refractivity contribution in [2.24, 2.45) is 0 Å². The SMILES string of the molecule is C[C@H]1CC[C@H](c2ccccc2)S(=O)(=O)N1Cc1ccc(C2(c3nnc[nH]3)CCOCC2)cc1F. The molecular weight excluding hydrogens is 455 g/mol. The highest BCUT2D eigenvalue weighted by atomic mass is 32.2. The molecule has 9 heteroatoms. The zero-order chi connectivity index (χ0) is 23.8. The molecule has 3 heterocycles. The van der Waals surface area contributed by atoms with Gasteiger partial charge in [0.15, 0.2) is 0 Å². The molecule has 7 nitrogen and oxygen atoms in total. The van der Waals surface area contributed by atoms with Gasteiger partial charge in [-0.1, -0.05) is 42.5 Å². The summed E-state index contributed by atoms with van der Waals surface area (Å²) >= 11 is 0. The molecule has 2 aliphatic rings. The zero-order valence-electron chi connectivity index (χ0n) is 19.2. The summed E-state index contributed by atoms with van der Waals surface area (Å²) in [6.45, 7) is 3.01. The van der Waals surface area contributed by atoms with Crippen molar-refractivity contribution in [1.82, 2.24) is 19.5 Å². The largest absolute Gasteiger partial charge is 0.381 e. The van der Waals surface area contributed by atoms with Crippen molar-refractivity contribution in [3.8, 4) is 0 Å². The van der Waals surface area contributed by atoms with E-state index in [2.05, 4.69) is 15.2 Å². The highest BCUT2D eigenvalue weighted by molar-refractivity contribution is 7.89. The first kappa shape index (κ1) is 23.1. The number of aromatic nitrogens is 3. The molecule has 0 amide bonds. The summed E-state index contributed by atoms with van der Waals surface area (Å²) in [5.41, 5.74) is 1.44. The quantitative estimate of drug-likeness (QED) is 0.589. The first-order chi connectivity index (χ1) is 16.4. The summed E-state index contributed by atoms with van der Waals surface area (Å²) in [6, 6.07) is 14.2. The molecule has 0 unspecified atom stereocenters. The van der Waals surface area contributed by atoms with Crippen LogP contribution >= 0.6 is 0 Å². The molecule has 180 valence electrons. The van der Waals surface area contributed by atoms with E-state index < -0.39 is 26.5 Å². The van der Waals surface area contributed by atoms with E-state index >= 15 is 4.39 Å². The van der Waals surface area contributed by atoms with Crippen LogP contribution in [0.15, 0.2) is 54.9 Å². The van der Waals surface area contributed by atoms with Crippen molar-refractivity contribution in [3.63, 3.8) is 0 Å². The van der Waals surface area contributed by atoms with E-state index in [0.717, 1.165) is 17.5 Å². The molecule has 1 aromatic heterocycles. The number of nitrogens with one attached hydrogen (secondary N) is 1. The predicted octanol–water partition coefficient (Wildman–Crippen LogP) is 4.10. The van der Waals surface area contributed by atoms with Gasteiger partial charge in [-0.25, -0.2) is 12.8 Å². The van der Waals surface area contributed by atoms with E-state index in [1.54, 1.807) is 6.07 Å². The Labute approximate surface area is 199 Å². The number of nitrogens with zero attached hydrogens (tertiary/aromatic N) is 3. The van der Waals surface area contributed by atoms with Gasteiger partial charge >= 0.3 is 0 Å². The number of benzene rings is 2. The number of ether oxygens (including phenoxy) is 1. The van der Waals surface area contributed by atoms with Crippen molar-refractivity contribution in [1.29, 1.82) is 0 Å². The van der Waals surface area contributed by atoms with E-state index in [4.69, 9.17) is 4.74 Å². The van der Waals surface area contributed by atoms with E-state index in [0.29, 0.717) is 43.9 Å². The van der Waals surface area contributed by atoms with Crippen LogP contribution in [0.3, 0.4) is 0 Å². The lowest BCUT2D eigenvalue weighted by molar-refractivity contribution is 0.0604. The topological polar surface area (TPSA) is 88.2 Å². The number of H-pyrrole nitrogens is 1. The predicted molar refractivity (Wildman–Crippen MR) is 126 cm³/mol. The Morgan fingerprint density at radius 1 is 1.15 bits per heavy atom. The van der Waals surface area contributed by atoms with E-state index in [9.17, 15) is 8.42 Å². The summed E-state index contributed by atoms with van der Waals surface area (Å²) in [4.78, 5) is 3.10. The van der Waals surface area contributed by atoms with Crippen LogP contribution in [0.5, 0.6) is 0 Å². The molecule has 2 atom stereocenters. The molecular formula is C25H29FN4O3S. The van der Waals surface area contributed by atoms with Crippen molar-refractivity contribution >= 4 is 10.0 Å². The average molecular weight is 485 g/mol. The summed E-state index contributed by atoms with van der Waals surface area (Å²) in [5, 5.41) is 7.55. The Balaban J connectivity index is 1.45. The minimum atomic E-state index is -3.63. The second-order valence-electron chi connectivity index (χ2n) is 9.25. The second-order valence-corrected chi connectivity index (χ2v) is 11.3. The maximum Gasteiger partial charge on any atom is 0.221 e. The van der Waals surface area contributed by atoms with Crippen LogP contribution < -0.4 is 0 Å². The van der Waals surface area contributed by atoms with Crippen LogP contribution in [0, 0.1) is 5.82 Å². The zero-order valence-corrected chi connectivity index (χ0v) is 20.0. The second kappa shape index (κ2) is 9.20. The first-order valence-corrected chi connectivity index (χ1v) is 13.2. The number of sulfonamides is 1. The molecule has 2 fully saturated rings. The number of rotatable bonds is 5. The number of hydrogen-bond donors (Lipinski definition) is 1. The lowest BCUT2D eigenvalue weighted by Crippen LogP contribution is -2.44. The molecule has 3 aromatic rings. The van der Waals surface area contributed by atoms with Crippen molar-refractivity contribution in [2.45, 2.75) is 55.9 Å². The fraction of sp³-hybridized carbons (Fsp3) is 0.440. The van der Waals surface area contributed by atoms with Crippen LogP contribution in [0.1, 0.15) is 60.4 Å². The van der Waals surface area contributed by atoms with Gasteiger partial charge in [-0.3, -0.25) is 0 Å². The fourth-order valence-electron chi connectivity index (χ4n) is 5.31. The van der Waals surface area contributed by atoms with Gasteiger partial charge in [-0.2, -0.15) is 4.31 Å². The Morgan fingerprint density at radius 3 is 2.59 bits per heavy atom. The fourth-order valence-corrected chi connectivity index (χ4v) is 7.50. The Kier molecular flexibility index (Phi) is 6.26. The molecule has 34 heavy (non-hydrogen) atoms. The molecule has 1 N–H and O–H groups in total. The third-order valence-electron chi connectivity index (χ3n) is 7.34. The van der Waals surface area contributed by atoms with Crippen molar-refractivity contribution in [3.05, 3.63) is 83.2 Å². The van der Waals surface area contributed by atoms with E-state index in [1.807, 2.05) is 43.3 Å². The van der Waals surface area contributed by atoms with Gasteiger partial charge in [0.2, 0.25) is 10.0 Å². The van der Waals surface area contributed by atoms with Gasteiger partial charge in [0.05, 0.1) is 5.41 Å². The van der Waals surface area contributed by atoms with Gasteiger partial charge in [0.1, 0.15) is 23.2 Å². The summed E-state index contributed by atoms with van der Waals surface area (Å²) < 4.78 is 49.5.